The molecule has 20 heavy (non-hydrogen) atoms. The molecule has 1 heterocycles. The first-order chi connectivity index (χ1) is 9.61. The van der Waals surface area contributed by atoms with Crippen LogP contribution in [0, 0.1) is 0 Å². The summed E-state index contributed by atoms with van der Waals surface area (Å²) in [6.45, 7) is 2.55. The van der Waals surface area contributed by atoms with E-state index in [0.29, 0.717) is 18.1 Å². The predicted octanol–water partition coefficient (Wildman–Crippen LogP) is 2.10. The first kappa shape index (κ1) is 13.9. The number of ether oxygens (including phenoxy) is 2. The van der Waals surface area contributed by atoms with E-state index in [1.165, 1.54) is 12.1 Å². The Morgan fingerprint density at radius 1 is 1.35 bits per heavy atom. The van der Waals surface area contributed by atoms with Crippen molar-refractivity contribution in [3.8, 4) is 11.5 Å². The number of carboxylic acid groups (broad SMARTS) is 1. The van der Waals surface area contributed by atoms with E-state index >= 15 is 0 Å². The molecule has 2 aromatic rings. The fraction of sp³-hybridized carbons (Fsp3) is 0.286. The van der Waals surface area contributed by atoms with Gasteiger partial charge in [0.1, 0.15) is 12.4 Å². The van der Waals surface area contributed by atoms with Crippen molar-refractivity contribution in [1.82, 2.24) is 9.55 Å². The van der Waals surface area contributed by atoms with Crippen LogP contribution in [-0.2, 0) is 13.7 Å². The molecule has 1 N–H and O–H groups in total. The molecule has 0 atom stereocenters. The molecule has 0 radical (unpaired) electrons. The lowest BCUT2D eigenvalue weighted by Gasteiger charge is -2.12. The van der Waals surface area contributed by atoms with Gasteiger partial charge in [-0.15, -0.1) is 0 Å². The highest BCUT2D eigenvalue weighted by molar-refractivity contribution is 5.88. The minimum atomic E-state index is -0.999. The number of imidazole rings is 1. The van der Waals surface area contributed by atoms with Crippen molar-refractivity contribution in [3.63, 3.8) is 0 Å². The van der Waals surface area contributed by atoms with Crippen molar-refractivity contribution in [2.75, 3.05) is 6.61 Å². The Balaban J connectivity index is 2.17. The fourth-order valence-electron chi connectivity index (χ4n) is 1.71. The highest BCUT2D eigenvalue weighted by Gasteiger charge is 2.11. The van der Waals surface area contributed by atoms with Gasteiger partial charge in [0.25, 0.3) is 0 Å². The van der Waals surface area contributed by atoms with Crippen LogP contribution in [0.1, 0.15) is 23.1 Å². The van der Waals surface area contributed by atoms with Gasteiger partial charge in [-0.2, -0.15) is 0 Å². The maximum atomic E-state index is 10.9. The van der Waals surface area contributed by atoms with Gasteiger partial charge in [-0.1, -0.05) is 0 Å². The van der Waals surface area contributed by atoms with Gasteiger partial charge in [0, 0.05) is 19.4 Å². The van der Waals surface area contributed by atoms with Crippen LogP contribution in [0.15, 0.2) is 30.6 Å². The molecule has 0 aliphatic rings. The Kier molecular flexibility index (Phi) is 4.24. The SMILES string of the molecule is CCOc1cc(C(=O)O)ccc1OCc1nccn1C. The second kappa shape index (κ2) is 6.10. The molecule has 0 aliphatic carbocycles. The van der Waals surface area contributed by atoms with Gasteiger partial charge in [0.2, 0.25) is 0 Å². The van der Waals surface area contributed by atoms with Gasteiger partial charge in [-0.25, -0.2) is 9.78 Å². The summed E-state index contributed by atoms with van der Waals surface area (Å²) in [5, 5.41) is 8.98. The molecule has 1 aromatic carbocycles. The summed E-state index contributed by atoms with van der Waals surface area (Å²) in [7, 11) is 1.88. The van der Waals surface area contributed by atoms with E-state index in [0.717, 1.165) is 5.82 Å². The molecule has 0 fully saturated rings. The number of rotatable bonds is 6. The number of carbonyl (C=O) groups is 1. The quantitative estimate of drug-likeness (QED) is 0.874. The highest BCUT2D eigenvalue weighted by atomic mass is 16.5. The zero-order valence-corrected chi connectivity index (χ0v) is 11.4. The number of nitrogens with zero attached hydrogens (tertiary/aromatic N) is 2. The number of carboxylic acids is 1. The van der Waals surface area contributed by atoms with Gasteiger partial charge < -0.3 is 19.1 Å². The first-order valence-corrected chi connectivity index (χ1v) is 6.21. The number of hydrogen-bond donors (Lipinski definition) is 1. The minimum Gasteiger partial charge on any atom is -0.490 e. The first-order valence-electron chi connectivity index (χ1n) is 6.21. The average molecular weight is 276 g/mol. The number of benzene rings is 1. The molecule has 106 valence electrons. The summed E-state index contributed by atoms with van der Waals surface area (Å²) >= 11 is 0. The largest absolute Gasteiger partial charge is 0.490 e. The smallest absolute Gasteiger partial charge is 0.335 e. The molecule has 0 bridgehead atoms. The molecule has 6 heteroatoms. The average Bonchev–Trinajstić information content (AvgIpc) is 2.83. The van der Waals surface area contributed by atoms with E-state index in [1.807, 2.05) is 24.7 Å². The van der Waals surface area contributed by atoms with Crippen LogP contribution < -0.4 is 9.47 Å². The van der Waals surface area contributed by atoms with E-state index < -0.39 is 5.97 Å². The monoisotopic (exact) mass is 276 g/mol. The minimum absolute atomic E-state index is 0.165. The van der Waals surface area contributed by atoms with Crippen LogP contribution in [0.3, 0.4) is 0 Å². The van der Waals surface area contributed by atoms with Crippen molar-refractivity contribution < 1.29 is 19.4 Å². The topological polar surface area (TPSA) is 73.6 Å². The zero-order chi connectivity index (χ0) is 14.5. The Hall–Kier alpha value is -2.50. The Morgan fingerprint density at radius 3 is 2.75 bits per heavy atom. The predicted molar refractivity (Wildman–Crippen MR) is 72.1 cm³/mol. The summed E-state index contributed by atoms with van der Waals surface area (Å²) in [5.41, 5.74) is 0.165. The molecule has 0 spiro atoms. The van der Waals surface area contributed by atoms with Gasteiger partial charge in [0.05, 0.1) is 12.2 Å². The second-order valence-corrected chi connectivity index (χ2v) is 4.14. The van der Waals surface area contributed by atoms with E-state index in [9.17, 15) is 4.79 Å². The molecular formula is C14H16N2O4. The summed E-state index contributed by atoms with van der Waals surface area (Å²) in [6, 6.07) is 4.54. The standard InChI is InChI=1S/C14H16N2O4/c1-3-19-12-8-10(14(17)18)4-5-11(12)20-9-13-15-6-7-16(13)2/h4-8H,3,9H2,1-2H3,(H,17,18). The summed E-state index contributed by atoms with van der Waals surface area (Å²) < 4.78 is 12.9. The van der Waals surface area contributed by atoms with Crippen LogP contribution >= 0.6 is 0 Å². The third-order valence-electron chi connectivity index (χ3n) is 2.77. The third kappa shape index (κ3) is 3.09. The molecular weight excluding hydrogens is 260 g/mol. The number of aromatic carboxylic acids is 1. The fourth-order valence-corrected chi connectivity index (χ4v) is 1.71. The van der Waals surface area contributed by atoms with Crippen molar-refractivity contribution in [2.24, 2.45) is 7.05 Å². The maximum absolute atomic E-state index is 10.9. The van der Waals surface area contributed by atoms with Gasteiger partial charge in [-0.3, -0.25) is 0 Å². The molecule has 0 amide bonds. The van der Waals surface area contributed by atoms with Crippen molar-refractivity contribution in [1.29, 1.82) is 0 Å². The second-order valence-electron chi connectivity index (χ2n) is 4.14. The van der Waals surface area contributed by atoms with Gasteiger partial charge in [0.15, 0.2) is 11.5 Å². The maximum Gasteiger partial charge on any atom is 0.335 e. The van der Waals surface area contributed by atoms with E-state index in [-0.39, 0.29) is 12.2 Å². The van der Waals surface area contributed by atoms with E-state index in [4.69, 9.17) is 14.6 Å². The van der Waals surface area contributed by atoms with Crippen molar-refractivity contribution in [2.45, 2.75) is 13.5 Å². The van der Waals surface area contributed by atoms with E-state index in [1.54, 1.807) is 12.3 Å². The molecule has 0 saturated carbocycles. The number of aromatic nitrogens is 2. The molecule has 1 aromatic heterocycles. The Morgan fingerprint density at radius 2 is 2.15 bits per heavy atom. The summed E-state index contributed by atoms with van der Waals surface area (Å²) in [6.07, 6.45) is 3.52. The lowest BCUT2D eigenvalue weighted by molar-refractivity contribution is 0.0696. The van der Waals surface area contributed by atoms with Crippen LogP contribution in [0.25, 0.3) is 0 Å². The lowest BCUT2D eigenvalue weighted by Crippen LogP contribution is -2.05. The summed E-state index contributed by atoms with van der Waals surface area (Å²) in [5.74, 6) is 0.692. The molecule has 2 rings (SSSR count). The highest BCUT2D eigenvalue weighted by Crippen LogP contribution is 2.29. The third-order valence-corrected chi connectivity index (χ3v) is 2.77. The molecule has 0 unspecified atom stereocenters. The van der Waals surface area contributed by atoms with Crippen molar-refractivity contribution in [3.05, 3.63) is 42.0 Å². The zero-order valence-electron chi connectivity index (χ0n) is 11.4. The Labute approximate surface area is 116 Å². The van der Waals surface area contributed by atoms with Gasteiger partial charge in [-0.05, 0) is 25.1 Å². The normalized spacial score (nSPS) is 10.3. The Bertz CT molecular complexity index is 607. The van der Waals surface area contributed by atoms with Crippen LogP contribution in [0.5, 0.6) is 11.5 Å². The van der Waals surface area contributed by atoms with Crippen LogP contribution in [0.4, 0.5) is 0 Å². The molecule has 6 nitrogen and oxygen atoms in total. The number of aryl methyl sites for hydroxylation is 1. The lowest BCUT2D eigenvalue weighted by atomic mass is 10.2. The van der Waals surface area contributed by atoms with Gasteiger partial charge >= 0.3 is 5.97 Å². The molecule has 0 saturated heterocycles. The van der Waals surface area contributed by atoms with Crippen LogP contribution in [0.2, 0.25) is 0 Å². The summed E-state index contributed by atoms with van der Waals surface area (Å²) in [4.78, 5) is 15.1. The van der Waals surface area contributed by atoms with Crippen molar-refractivity contribution >= 4 is 5.97 Å². The van der Waals surface area contributed by atoms with Crippen LogP contribution in [-0.4, -0.2) is 27.2 Å². The number of hydrogen-bond acceptors (Lipinski definition) is 4. The van der Waals surface area contributed by atoms with E-state index in [2.05, 4.69) is 4.98 Å². The molecule has 0 aliphatic heterocycles.